The van der Waals surface area contributed by atoms with Gasteiger partial charge in [0.25, 0.3) is 0 Å². The van der Waals surface area contributed by atoms with Crippen molar-refractivity contribution in [1.29, 1.82) is 0 Å². The van der Waals surface area contributed by atoms with Gasteiger partial charge in [-0.3, -0.25) is 0 Å². The molecule has 2 fully saturated rings. The third-order valence-electron chi connectivity index (χ3n) is 4.87. The normalized spacial score (nSPS) is 25.5. The van der Waals surface area contributed by atoms with Crippen molar-refractivity contribution in [1.82, 2.24) is 13.9 Å². The summed E-state index contributed by atoms with van der Waals surface area (Å²) in [5, 5.41) is 0. The summed E-state index contributed by atoms with van der Waals surface area (Å²) in [5.74, 6) is 2.22. The second-order valence-corrected chi connectivity index (χ2v) is 8.53. The van der Waals surface area contributed by atoms with Gasteiger partial charge in [0.15, 0.2) is 0 Å². The average molecular weight is 311 g/mol. The molecule has 1 saturated heterocycles. The van der Waals surface area contributed by atoms with Crippen LogP contribution in [0.2, 0.25) is 0 Å². The van der Waals surface area contributed by atoms with E-state index >= 15 is 0 Å². The van der Waals surface area contributed by atoms with Crippen molar-refractivity contribution in [2.45, 2.75) is 51.0 Å². The zero-order valence-electron chi connectivity index (χ0n) is 12.7. The first kappa shape index (κ1) is 15.0. The molecule has 21 heavy (non-hydrogen) atoms. The molecule has 2 heterocycles. The Hall–Kier alpha value is -0.880. The van der Waals surface area contributed by atoms with Gasteiger partial charge in [-0.25, -0.2) is 17.7 Å². The zero-order chi connectivity index (χ0) is 14.9. The van der Waals surface area contributed by atoms with E-state index in [1.54, 1.807) is 4.31 Å². The van der Waals surface area contributed by atoms with Crippen LogP contribution in [0.5, 0.6) is 0 Å². The van der Waals surface area contributed by atoms with Crippen LogP contribution in [0.25, 0.3) is 0 Å². The second kappa shape index (κ2) is 6.08. The minimum atomic E-state index is -3.06. The van der Waals surface area contributed by atoms with Crippen LogP contribution in [-0.4, -0.2) is 41.6 Å². The van der Waals surface area contributed by atoms with Crippen molar-refractivity contribution < 1.29 is 8.42 Å². The lowest BCUT2D eigenvalue weighted by molar-refractivity contribution is 0.244. The maximum absolute atomic E-state index is 11.7. The summed E-state index contributed by atoms with van der Waals surface area (Å²) in [6, 6.07) is 0. The quantitative estimate of drug-likeness (QED) is 0.856. The number of nitrogens with zero attached hydrogens (tertiary/aromatic N) is 3. The smallest absolute Gasteiger partial charge is 0.211 e. The Morgan fingerprint density at radius 1 is 1.24 bits per heavy atom. The highest BCUT2D eigenvalue weighted by atomic mass is 32.2. The molecule has 0 N–H and O–H groups in total. The van der Waals surface area contributed by atoms with Crippen molar-refractivity contribution in [3.05, 3.63) is 18.2 Å². The Balaban J connectivity index is 1.68. The van der Waals surface area contributed by atoms with E-state index in [-0.39, 0.29) is 0 Å². The van der Waals surface area contributed by atoms with Crippen molar-refractivity contribution in [3.63, 3.8) is 0 Å². The van der Waals surface area contributed by atoms with Crippen LogP contribution in [-0.2, 0) is 16.6 Å². The largest absolute Gasteiger partial charge is 0.334 e. The van der Waals surface area contributed by atoms with Crippen molar-refractivity contribution in [2.24, 2.45) is 5.92 Å². The fraction of sp³-hybridized carbons (Fsp3) is 0.800. The lowest BCUT2D eigenvalue weighted by Gasteiger charge is -2.31. The van der Waals surface area contributed by atoms with Crippen LogP contribution in [0.4, 0.5) is 0 Å². The average Bonchev–Trinajstić information content (AvgIpc) is 3.08. The van der Waals surface area contributed by atoms with Crippen LogP contribution >= 0.6 is 0 Å². The second-order valence-electron chi connectivity index (χ2n) is 6.55. The predicted molar refractivity (Wildman–Crippen MR) is 82.6 cm³/mol. The van der Waals surface area contributed by atoms with E-state index in [0.717, 1.165) is 19.4 Å². The van der Waals surface area contributed by atoms with Gasteiger partial charge in [0.05, 0.1) is 6.26 Å². The highest BCUT2D eigenvalue weighted by Gasteiger charge is 2.27. The van der Waals surface area contributed by atoms with Gasteiger partial charge in [-0.2, -0.15) is 0 Å². The molecule has 1 unspecified atom stereocenters. The minimum Gasteiger partial charge on any atom is -0.334 e. The van der Waals surface area contributed by atoms with Crippen LogP contribution in [0.3, 0.4) is 0 Å². The standard InChI is InChI=1S/C15H25N3O2S/c1-21(19,20)18-9-4-5-13(12-18)11-17-10-8-16-15(17)14-6-2-3-7-14/h8,10,13-14H,2-7,9,11-12H2,1H3. The maximum Gasteiger partial charge on any atom is 0.211 e. The Kier molecular flexibility index (Phi) is 4.36. The van der Waals surface area contributed by atoms with Gasteiger partial charge in [-0.1, -0.05) is 12.8 Å². The van der Waals surface area contributed by atoms with Gasteiger partial charge >= 0.3 is 0 Å². The lowest BCUT2D eigenvalue weighted by atomic mass is 9.99. The van der Waals surface area contributed by atoms with E-state index in [1.165, 1.54) is 37.8 Å². The van der Waals surface area contributed by atoms with E-state index in [9.17, 15) is 8.42 Å². The number of hydrogen-bond acceptors (Lipinski definition) is 3. The molecular weight excluding hydrogens is 286 g/mol. The molecule has 3 rings (SSSR count). The summed E-state index contributed by atoms with van der Waals surface area (Å²) in [7, 11) is -3.06. The highest BCUT2D eigenvalue weighted by Crippen LogP contribution is 2.33. The molecular formula is C15H25N3O2S. The summed E-state index contributed by atoms with van der Waals surface area (Å²) in [5.41, 5.74) is 0. The van der Waals surface area contributed by atoms with Crippen LogP contribution in [0.1, 0.15) is 50.3 Å². The Bertz CT molecular complexity index is 575. The molecule has 1 saturated carbocycles. The van der Waals surface area contributed by atoms with E-state index < -0.39 is 10.0 Å². The maximum atomic E-state index is 11.7. The number of rotatable bonds is 4. The molecule has 118 valence electrons. The molecule has 0 spiro atoms. The summed E-state index contributed by atoms with van der Waals surface area (Å²) in [6.45, 7) is 2.23. The van der Waals surface area contributed by atoms with E-state index in [0.29, 0.717) is 24.9 Å². The minimum absolute atomic E-state index is 0.405. The Morgan fingerprint density at radius 3 is 2.71 bits per heavy atom. The number of piperidine rings is 1. The van der Waals surface area contributed by atoms with Gasteiger partial charge in [0, 0.05) is 37.9 Å². The fourth-order valence-electron chi connectivity index (χ4n) is 3.77. The third-order valence-corrected chi connectivity index (χ3v) is 6.14. The van der Waals surface area contributed by atoms with E-state index in [4.69, 9.17) is 0 Å². The predicted octanol–water partition coefficient (Wildman–Crippen LogP) is 2.21. The van der Waals surface area contributed by atoms with Crippen molar-refractivity contribution in [2.75, 3.05) is 19.3 Å². The van der Waals surface area contributed by atoms with Gasteiger partial charge in [0.2, 0.25) is 10.0 Å². The molecule has 1 aliphatic carbocycles. The molecule has 6 heteroatoms. The van der Waals surface area contributed by atoms with Gasteiger partial charge in [-0.15, -0.1) is 0 Å². The summed E-state index contributed by atoms with van der Waals surface area (Å²) in [6.07, 6.45) is 12.5. The Morgan fingerprint density at radius 2 is 2.00 bits per heavy atom. The van der Waals surface area contributed by atoms with E-state index in [1.807, 2.05) is 6.20 Å². The topological polar surface area (TPSA) is 55.2 Å². The highest BCUT2D eigenvalue weighted by molar-refractivity contribution is 7.88. The lowest BCUT2D eigenvalue weighted by Crippen LogP contribution is -2.40. The molecule has 5 nitrogen and oxygen atoms in total. The molecule has 0 bridgehead atoms. The molecule has 1 atom stereocenters. The monoisotopic (exact) mass is 311 g/mol. The zero-order valence-corrected chi connectivity index (χ0v) is 13.6. The van der Waals surface area contributed by atoms with Gasteiger partial charge in [0.1, 0.15) is 5.82 Å². The number of imidazole rings is 1. The van der Waals surface area contributed by atoms with E-state index in [2.05, 4.69) is 15.7 Å². The van der Waals surface area contributed by atoms with Crippen LogP contribution in [0, 0.1) is 5.92 Å². The molecule has 1 aromatic heterocycles. The first-order valence-corrected chi connectivity index (χ1v) is 9.85. The molecule has 1 aliphatic heterocycles. The summed E-state index contributed by atoms with van der Waals surface area (Å²) < 4.78 is 27.3. The molecule has 0 amide bonds. The number of sulfonamides is 1. The first-order valence-electron chi connectivity index (χ1n) is 8.00. The van der Waals surface area contributed by atoms with Crippen molar-refractivity contribution in [3.8, 4) is 0 Å². The summed E-state index contributed by atoms with van der Waals surface area (Å²) in [4.78, 5) is 4.56. The molecule has 2 aliphatic rings. The molecule has 1 aromatic rings. The van der Waals surface area contributed by atoms with Crippen molar-refractivity contribution >= 4 is 10.0 Å². The van der Waals surface area contributed by atoms with Gasteiger partial charge in [-0.05, 0) is 31.6 Å². The van der Waals surface area contributed by atoms with Crippen LogP contribution in [0.15, 0.2) is 12.4 Å². The molecule has 0 aromatic carbocycles. The van der Waals surface area contributed by atoms with Crippen LogP contribution < -0.4 is 0 Å². The first-order chi connectivity index (χ1) is 10.0. The summed E-state index contributed by atoms with van der Waals surface area (Å²) >= 11 is 0. The van der Waals surface area contributed by atoms with Gasteiger partial charge < -0.3 is 4.57 Å². The SMILES string of the molecule is CS(=O)(=O)N1CCCC(Cn2ccnc2C2CCCC2)C1. The Labute approximate surface area is 127 Å². The number of aromatic nitrogens is 2. The third kappa shape index (κ3) is 3.48. The fourth-order valence-corrected chi connectivity index (χ4v) is 4.72. The number of hydrogen-bond donors (Lipinski definition) is 0. The molecule has 0 radical (unpaired) electrons.